The van der Waals surface area contributed by atoms with Gasteiger partial charge in [-0.15, -0.1) is 0 Å². The SMILES string of the molecule is CC(=O)[C@H]1C[C@@H](C(=O)O)N[C@H]1c1ccccc1Cl. The number of carboxylic acid groups (broad SMARTS) is 1. The molecule has 1 aliphatic rings. The number of carbonyl (C=O) groups is 2. The highest BCUT2D eigenvalue weighted by molar-refractivity contribution is 6.31. The molecular formula is C13H14ClNO3. The van der Waals surface area contributed by atoms with Gasteiger partial charge in [0.05, 0.1) is 0 Å². The van der Waals surface area contributed by atoms with Crippen molar-refractivity contribution in [2.24, 2.45) is 5.92 Å². The van der Waals surface area contributed by atoms with Gasteiger partial charge in [-0.25, -0.2) is 0 Å². The van der Waals surface area contributed by atoms with Gasteiger partial charge < -0.3 is 5.11 Å². The molecule has 2 rings (SSSR count). The van der Waals surface area contributed by atoms with Gasteiger partial charge in [-0.05, 0) is 25.0 Å². The maximum absolute atomic E-state index is 11.6. The topological polar surface area (TPSA) is 66.4 Å². The molecule has 1 aromatic rings. The summed E-state index contributed by atoms with van der Waals surface area (Å²) in [6.45, 7) is 1.49. The number of carboxylic acids is 1. The molecule has 1 saturated heterocycles. The molecule has 0 saturated carbocycles. The molecule has 4 nitrogen and oxygen atoms in total. The van der Waals surface area contributed by atoms with Crippen molar-refractivity contribution < 1.29 is 14.7 Å². The van der Waals surface area contributed by atoms with E-state index in [0.717, 1.165) is 5.56 Å². The second-order valence-corrected chi connectivity index (χ2v) is 4.92. The van der Waals surface area contributed by atoms with E-state index in [1.165, 1.54) is 6.92 Å². The quantitative estimate of drug-likeness (QED) is 0.879. The van der Waals surface area contributed by atoms with Crippen molar-refractivity contribution in [1.29, 1.82) is 0 Å². The van der Waals surface area contributed by atoms with E-state index in [1.807, 2.05) is 12.1 Å². The molecule has 0 spiro atoms. The molecule has 0 radical (unpaired) electrons. The normalized spacial score (nSPS) is 27.1. The van der Waals surface area contributed by atoms with Gasteiger partial charge >= 0.3 is 5.97 Å². The Morgan fingerprint density at radius 2 is 2.06 bits per heavy atom. The fraction of sp³-hybridized carbons (Fsp3) is 0.385. The minimum atomic E-state index is -0.934. The summed E-state index contributed by atoms with van der Waals surface area (Å²) in [5, 5.41) is 12.6. The van der Waals surface area contributed by atoms with E-state index < -0.39 is 12.0 Å². The average Bonchev–Trinajstić information content (AvgIpc) is 2.74. The van der Waals surface area contributed by atoms with Crippen LogP contribution in [0, 0.1) is 5.92 Å². The van der Waals surface area contributed by atoms with Gasteiger partial charge in [0, 0.05) is 17.0 Å². The molecule has 1 aliphatic heterocycles. The fourth-order valence-electron chi connectivity index (χ4n) is 2.40. The van der Waals surface area contributed by atoms with Crippen LogP contribution in [0.5, 0.6) is 0 Å². The Bertz CT molecular complexity index is 489. The van der Waals surface area contributed by atoms with Crippen molar-refractivity contribution in [2.45, 2.75) is 25.4 Å². The standard InChI is InChI=1S/C13H14ClNO3/c1-7(16)9-6-11(13(17)18)15-12(9)8-4-2-3-5-10(8)14/h2-5,9,11-12,15H,6H2,1H3,(H,17,18)/t9-,11+,12+/m1/s1. The highest BCUT2D eigenvalue weighted by Gasteiger charge is 2.40. The number of halogens is 1. The van der Waals surface area contributed by atoms with E-state index in [1.54, 1.807) is 12.1 Å². The molecule has 2 N–H and O–H groups in total. The van der Waals surface area contributed by atoms with Crippen LogP contribution in [-0.4, -0.2) is 22.9 Å². The van der Waals surface area contributed by atoms with Crippen molar-refractivity contribution in [3.63, 3.8) is 0 Å². The van der Waals surface area contributed by atoms with Crippen LogP contribution in [0.2, 0.25) is 5.02 Å². The van der Waals surface area contributed by atoms with E-state index in [-0.39, 0.29) is 17.7 Å². The summed E-state index contributed by atoms with van der Waals surface area (Å²) in [7, 11) is 0. The fourth-order valence-corrected chi connectivity index (χ4v) is 2.65. The summed E-state index contributed by atoms with van der Waals surface area (Å²) in [6.07, 6.45) is 0.306. The Kier molecular flexibility index (Phi) is 3.68. The van der Waals surface area contributed by atoms with Crippen LogP contribution in [0.15, 0.2) is 24.3 Å². The van der Waals surface area contributed by atoms with Crippen LogP contribution in [0.25, 0.3) is 0 Å². The molecule has 0 aliphatic carbocycles. The van der Waals surface area contributed by atoms with Gasteiger partial charge in [-0.1, -0.05) is 29.8 Å². The molecule has 18 heavy (non-hydrogen) atoms. The summed E-state index contributed by atoms with van der Waals surface area (Å²) in [4.78, 5) is 22.7. The van der Waals surface area contributed by atoms with E-state index in [2.05, 4.69) is 5.32 Å². The van der Waals surface area contributed by atoms with Crippen LogP contribution in [0.1, 0.15) is 24.9 Å². The summed E-state index contributed by atoms with van der Waals surface area (Å²) in [5.41, 5.74) is 0.781. The monoisotopic (exact) mass is 267 g/mol. The Morgan fingerprint density at radius 3 is 2.61 bits per heavy atom. The van der Waals surface area contributed by atoms with Crippen molar-refractivity contribution in [1.82, 2.24) is 5.32 Å². The molecule has 1 fully saturated rings. The smallest absolute Gasteiger partial charge is 0.320 e. The number of rotatable bonds is 3. The predicted octanol–water partition coefficient (Wildman–Crippen LogP) is 2.03. The number of carbonyl (C=O) groups excluding carboxylic acids is 1. The average molecular weight is 268 g/mol. The van der Waals surface area contributed by atoms with Gasteiger partial charge in [-0.2, -0.15) is 0 Å². The van der Waals surface area contributed by atoms with Gasteiger partial charge in [0.15, 0.2) is 0 Å². The summed E-state index contributed by atoms with van der Waals surface area (Å²) in [6, 6.07) is 6.17. The zero-order valence-corrected chi connectivity index (χ0v) is 10.6. The highest BCUT2D eigenvalue weighted by atomic mass is 35.5. The summed E-state index contributed by atoms with van der Waals surface area (Å²) < 4.78 is 0. The Labute approximate surface area is 110 Å². The van der Waals surface area contributed by atoms with Crippen molar-refractivity contribution in [3.8, 4) is 0 Å². The van der Waals surface area contributed by atoms with Crippen molar-refractivity contribution in [2.75, 3.05) is 0 Å². The van der Waals surface area contributed by atoms with Gasteiger partial charge in [-0.3, -0.25) is 14.9 Å². The largest absolute Gasteiger partial charge is 0.480 e. The molecule has 0 aromatic heterocycles. The minimum Gasteiger partial charge on any atom is -0.480 e. The van der Waals surface area contributed by atoms with E-state index in [0.29, 0.717) is 11.4 Å². The number of Topliss-reactive ketones (excluding diaryl/α,β-unsaturated/α-hetero) is 1. The highest BCUT2D eigenvalue weighted by Crippen LogP contribution is 2.36. The molecule has 0 bridgehead atoms. The molecule has 3 atom stereocenters. The zero-order chi connectivity index (χ0) is 13.3. The summed E-state index contributed by atoms with van der Waals surface area (Å²) >= 11 is 6.10. The Morgan fingerprint density at radius 1 is 1.39 bits per heavy atom. The van der Waals surface area contributed by atoms with Gasteiger partial charge in [0.2, 0.25) is 0 Å². The first-order valence-corrected chi connectivity index (χ1v) is 6.12. The second kappa shape index (κ2) is 5.08. The molecule has 1 heterocycles. The van der Waals surface area contributed by atoms with Crippen LogP contribution in [-0.2, 0) is 9.59 Å². The van der Waals surface area contributed by atoms with Crippen molar-refractivity contribution >= 4 is 23.4 Å². The lowest BCUT2D eigenvalue weighted by Crippen LogP contribution is -2.32. The number of benzene rings is 1. The maximum Gasteiger partial charge on any atom is 0.320 e. The Hall–Kier alpha value is -1.39. The minimum absolute atomic E-state index is 0.0174. The molecule has 96 valence electrons. The third-order valence-corrected chi connectivity index (χ3v) is 3.68. The molecular weight excluding hydrogens is 254 g/mol. The van der Waals surface area contributed by atoms with Gasteiger partial charge in [0.25, 0.3) is 0 Å². The van der Waals surface area contributed by atoms with Gasteiger partial charge in [0.1, 0.15) is 11.8 Å². The lowest BCUT2D eigenvalue weighted by molar-refractivity contribution is -0.139. The number of hydrogen-bond acceptors (Lipinski definition) is 3. The molecule has 0 unspecified atom stereocenters. The third-order valence-electron chi connectivity index (χ3n) is 3.33. The van der Waals surface area contributed by atoms with Crippen LogP contribution < -0.4 is 5.32 Å². The number of nitrogens with one attached hydrogen (secondary N) is 1. The summed E-state index contributed by atoms with van der Waals surface area (Å²) in [5.74, 6) is -1.29. The first-order valence-electron chi connectivity index (χ1n) is 5.74. The zero-order valence-electron chi connectivity index (χ0n) is 9.89. The third kappa shape index (κ3) is 2.40. The molecule has 5 heteroatoms. The first-order chi connectivity index (χ1) is 8.50. The first kappa shape index (κ1) is 13.1. The van der Waals surface area contributed by atoms with E-state index >= 15 is 0 Å². The Balaban J connectivity index is 2.33. The predicted molar refractivity (Wildman–Crippen MR) is 67.5 cm³/mol. The number of hydrogen-bond donors (Lipinski definition) is 2. The maximum atomic E-state index is 11.6. The molecule has 1 aromatic carbocycles. The number of aliphatic carboxylic acids is 1. The van der Waals surface area contributed by atoms with Crippen LogP contribution >= 0.6 is 11.6 Å². The van der Waals surface area contributed by atoms with Crippen LogP contribution in [0.4, 0.5) is 0 Å². The lowest BCUT2D eigenvalue weighted by Gasteiger charge is -2.18. The van der Waals surface area contributed by atoms with Crippen molar-refractivity contribution in [3.05, 3.63) is 34.9 Å². The van der Waals surface area contributed by atoms with Crippen LogP contribution in [0.3, 0.4) is 0 Å². The second-order valence-electron chi connectivity index (χ2n) is 4.51. The van der Waals surface area contributed by atoms with E-state index in [4.69, 9.17) is 16.7 Å². The van der Waals surface area contributed by atoms with E-state index in [9.17, 15) is 9.59 Å². The number of ketones is 1. The molecule has 0 amide bonds. The lowest BCUT2D eigenvalue weighted by atomic mass is 9.90.